The molecule has 3 aromatic carbocycles. The zero-order chi connectivity index (χ0) is 24.1. The van der Waals surface area contributed by atoms with Gasteiger partial charge in [0.25, 0.3) is 0 Å². The molecule has 0 bridgehead atoms. The van der Waals surface area contributed by atoms with Crippen LogP contribution in [0.3, 0.4) is 0 Å². The summed E-state index contributed by atoms with van der Waals surface area (Å²) >= 11 is 0. The van der Waals surface area contributed by atoms with Crippen LogP contribution in [0.2, 0.25) is 0 Å². The molecule has 1 atom stereocenters. The molecule has 0 aliphatic heterocycles. The first-order chi connectivity index (χ1) is 15.0. The minimum absolute atomic E-state index is 0.305. The zero-order valence-corrected chi connectivity index (χ0v) is 20.2. The van der Waals surface area contributed by atoms with Gasteiger partial charge in [0, 0.05) is 0 Å². The van der Waals surface area contributed by atoms with Gasteiger partial charge in [0.1, 0.15) is 0 Å². The average molecular weight is 441 g/mol. The Morgan fingerprint density at radius 2 is 1.00 bits per heavy atom. The van der Waals surface area contributed by atoms with E-state index in [1.165, 1.54) is 5.56 Å². The van der Waals surface area contributed by atoms with E-state index in [0.29, 0.717) is 11.5 Å². The molecule has 3 rings (SSSR count). The second-order valence-corrected chi connectivity index (χ2v) is 9.32. The molecule has 0 fully saturated rings. The quantitative estimate of drug-likeness (QED) is 0.379. The molecule has 0 aromatic heterocycles. The van der Waals surface area contributed by atoms with Crippen LogP contribution in [0, 0.1) is 5.41 Å². The van der Waals surface area contributed by atoms with Gasteiger partial charge in [-0.1, -0.05) is 115 Å². The van der Waals surface area contributed by atoms with E-state index in [0.717, 1.165) is 22.3 Å². The highest BCUT2D eigenvalue weighted by Crippen LogP contribution is 2.47. The first-order valence-corrected chi connectivity index (χ1v) is 11.3. The summed E-state index contributed by atoms with van der Waals surface area (Å²) in [6.45, 7) is 13.2. The first kappa shape index (κ1) is 25.7. The average Bonchev–Trinajstić information content (AvgIpc) is 2.74. The molecule has 0 radical (unpaired) electrons. The Labute approximate surface area is 191 Å². The summed E-state index contributed by atoms with van der Waals surface area (Å²) in [5, 5.41) is 0. The molecular weight excluding hydrogens is 405 g/mol. The van der Waals surface area contributed by atoms with Crippen molar-refractivity contribution in [2.45, 2.75) is 66.5 Å². The Morgan fingerprint density at radius 3 is 1.34 bits per heavy atom. The minimum atomic E-state index is -4.28. The Balaban J connectivity index is 0.00000176. The monoisotopic (exact) mass is 440 g/mol. The van der Waals surface area contributed by atoms with Gasteiger partial charge in [-0.3, -0.25) is 0 Å². The van der Waals surface area contributed by atoms with Crippen molar-refractivity contribution in [3.05, 3.63) is 83.9 Å². The number of hydrogen-bond donors (Lipinski definition) is 0. The Hall–Kier alpha value is -2.55. The van der Waals surface area contributed by atoms with Gasteiger partial charge in [0.2, 0.25) is 0 Å². The second kappa shape index (κ2) is 10.4. The van der Waals surface area contributed by atoms with Gasteiger partial charge in [0.05, 0.1) is 5.92 Å². The van der Waals surface area contributed by atoms with E-state index in [9.17, 15) is 13.2 Å². The summed E-state index contributed by atoms with van der Waals surface area (Å²) in [4.78, 5) is 0. The molecule has 0 spiro atoms. The minimum Gasteiger partial charge on any atom is -0.170 e. The van der Waals surface area contributed by atoms with Crippen LogP contribution < -0.4 is 0 Å². The third-order valence-corrected chi connectivity index (χ3v) is 5.54. The fourth-order valence-corrected chi connectivity index (χ4v) is 3.99. The van der Waals surface area contributed by atoms with E-state index in [1.807, 2.05) is 26.0 Å². The summed E-state index contributed by atoms with van der Waals surface area (Å²) in [5.74, 6) is -1.01. The van der Waals surface area contributed by atoms with E-state index >= 15 is 0 Å². The molecule has 0 saturated carbocycles. The van der Waals surface area contributed by atoms with E-state index < -0.39 is 17.5 Å². The van der Waals surface area contributed by atoms with E-state index in [4.69, 9.17) is 0 Å². The van der Waals surface area contributed by atoms with Crippen LogP contribution in [0.25, 0.3) is 22.3 Å². The summed E-state index contributed by atoms with van der Waals surface area (Å²) < 4.78 is 40.9. The third kappa shape index (κ3) is 6.25. The van der Waals surface area contributed by atoms with Crippen LogP contribution in [0.15, 0.2) is 72.8 Å². The highest BCUT2D eigenvalue weighted by molar-refractivity contribution is 5.73. The van der Waals surface area contributed by atoms with Gasteiger partial charge < -0.3 is 0 Å². The van der Waals surface area contributed by atoms with Crippen LogP contribution in [0.5, 0.6) is 0 Å². The fraction of sp³-hybridized carbons (Fsp3) is 0.379. The maximum atomic E-state index is 13.6. The number of alkyl halides is 3. The molecule has 0 aliphatic rings. The lowest BCUT2D eigenvalue weighted by molar-refractivity contribution is -0.171. The molecule has 0 aliphatic carbocycles. The third-order valence-electron chi connectivity index (χ3n) is 5.54. The highest BCUT2D eigenvalue weighted by Gasteiger charge is 2.47. The van der Waals surface area contributed by atoms with Crippen molar-refractivity contribution in [1.29, 1.82) is 0 Å². The van der Waals surface area contributed by atoms with Gasteiger partial charge in [0.15, 0.2) is 0 Å². The Bertz CT molecular complexity index is 959. The lowest BCUT2D eigenvalue weighted by Gasteiger charge is -2.33. The Morgan fingerprint density at radius 1 is 0.594 bits per heavy atom. The molecule has 0 amide bonds. The van der Waals surface area contributed by atoms with Crippen molar-refractivity contribution < 1.29 is 13.2 Å². The number of hydrogen-bond acceptors (Lipinski definition) is 0. The predicted molar refractivity (Wildman–Crippen MR) is 131 cm³/mol. The summed E-state index contributed by atoms with van der Waals surface area (Å²) in [5.41, 5.74) is 4.82. The largest absolute Gasteiger partial charge is 0.396 e. The van der Waals surface area contributed by atoms with Gasteiger partial charge in [-0.15, -0.1) is 0 Å². The van der Waals surface area contributed by atoms with E-state index in [-0.39, 0.29) is 0 Å². The van der Waals surface area contributed by atoms with Crippen molar-refractivity contribution in [3.63, 3.8) is 0 Å². The molecule has 3 aromatic rings. The predicted octanol–water partition coefficient (Wildman–Crippen LogP) is 9.86. The van der Waals surface area contributed by atoms with Gasteiger partial charge in [-0.25, -0.2) is 0 Å². The molecule has 3 heteroatoms. The molecule has 172 valence electrons. The van der Waals surface area contributed by atoms with Crippen molar-refractivity contribution in [2.75, 3.05) is 0 Å². The fourth-order valence-electron chi connectivity index (χ4n) is 3.99. The normalized spacial score (nSPS) is 12.8. The smallest absolute Gasteiger partial charge is 0.170 e. The number of halogens is 3. The van der Waals surface area contributed by atoms with Gasteiger partial charge in [-0.2, -0.15) is 13.2 Å². The summed E-state index contributed by atoms with van der Waals surface area (Å²) in [6, 6.07) is 23.5. The molecular formula is C29H35F3. The van der Waals surface area contributed by atoms with Gasteiger partial charge in [-0.05, 0) is 50.8 Å². The van der Waals surface area contributed by atoms with Crippen LogP contribution in [0.4, 0.5) is 13.2 Å². The van der Waals surface area contributed by atoms with Crippen LogP contribution in [-0.2, 0) is 0 Å². The summed E-state index contributed by atoms with van der Waals surface area (Å²) in [6.07, 6.45) is -4.28. The Kier molecular flexibility index (Phi) is 8.34. The molecule has 0 heterocycles. The second-order valence-electron chi connectivity index (χ2n) is 9.32. The van der Waals surface area contributed by atoms with Crippen molar-refractivity contribution in [2.24, 2.45) is 5.41 Å². The number of benzene rings is 3. The zero-order valence-electron chi connectivity index (χ0n) is 20.2. The van der Waals surface area contributed by atoms with Crippen molar-refractivity contribution >= 4 is 0 Å². The maximum absolute atomic E-state index is 13.6. The van der Waals surface area contributed by atoms with Crippen molar-refractivity contribution in [3.8, 4) is 22.3 Å². The molecule has 0 nitrogen and oxygen atoms in total. The molecule has 0 N–H and O–H groups in total. The highest BCUT2D eigenvalue weighted by atomic mass is 19.4. The lowest BCUT2D eigenvalue weighted by Crippen LogP contribution is -2.32. The summed E-state index contributed by atoms with van der Waals surface area (Å²) in [7, 11) is 0. The topological polar surface area (TPSA) is 0 Å². The van der Waals surface area contributed by atoms with E-state index in [2.05, 4.69) is 50.2 Å². The van der Waals surface area contributed by atoms with Crippen molar-refractivity contribution in [1.82, 2.24) is 0 Å². The van der Waals surface area contributed by atoms with Crippen LogP contribution in [0.1, 0.15) is 71.4 Å². The maximum Gasteiger partial charge on any atom is 0.396 e. The van der Waals surface area contributed by atoms with Crippen LogP contribution in [-0.4, -0.2) is 6.18 Å². The van der Waals surface area contributed by atoms with Crippen LogP contribution >= 0.6 is 0 Å². The molecule has 32 heavy (non-hydrogen) atoms. The molecule has 1 unspecified atom stereocenters. The van der Waals surface area contributed by atoms with E-state index in [1.54, 1.807) is 45.0 Å². The SMILES string of the molecule is CC.CC(C)c1ccc(-c2cccc(-c3ccc(C(C(C)(C)C)C(F)(F)F)cc3)c2)cc1. The van der Waals surface area contributed by atoms with Gasteiger partial charge >= 0.3 is 6.18 Å². The molecule has 0 saturated heterocycles. The standard InChI is InChI=1S/C27H29F3.C2H6/c1-18(2)19-9-11-20(12-10-19)23-7-6-8-24(17-23)21-13-15-22(16-14-21)25(26(3,4)5)27(28,29)30;1-2/h6-18,25H,1-5H3;1-2H3. The lowest BCUT2D eigenvalue weighted by atomic mass is 9.76. The first-order valence-electron chi connectivity index (χ1n) is 11.3. The number of rotatable bonds is 4.